The van der Waals surface area contributed by atoms with Crippen LogP contribution < -0.4 is 0 Å². The van der Waals surface area contributed by atoms with Gasteiger partial charge < -0.3 is 9.47 Å². The number of unbranched alkanes of at least 4 members (excludes halogenated alkanes) is 2. The van der Waals surface area contributed by atoms with Gasteiger partial charge in [0.1, 0.15) is 6.10 Å². The molecule has 2 atom stereocenters. The van der Waals surface area contributed by atoms with E-state index in [1.54, 1.807) is 0 Å². The van der Waals surface area contributed by atoms with Gasteiger partial charge in [-0.15, -0.1) is 6.42 Å². The minimum atomic E-state index is -0.0559. The summed E-state index contributed by atoms with van der Waals surface area (Å²) < 4.78 is 11.2. The van der Waals surface area contributed by atoms with Crippen LogP contribution in [0.3, 0.4) is 0 Å². The van der Waals surface area contributed by atoms with Crippen LogP contribution in [0.4, 0.5) is 0 Å². The van der Waals surface area contributed by atoms with Crippen molar-refractivity contribution in [2.45, 2.75) is 64.3 Å². The third kappa shape index (κ3) is 5.20. The molecule has 1 heterocycles. The molecule has 0 N–H and O–H groups in total. The van der Waals surface area contributed by atoms with Crippen molar-refractivity contribution >= 4 is 0 Å². The zero-order valence-corrected chi connectivity index (χ0v) is 9.71. The van der Waals surface area contributed by atoms with Gasteiger partial charge in [0.05, 0.1) is 0 Å². The maximum atomic E-state index is 5.73. The molecule has 2 nitrogen and oxygen atoms in total. The lowest BCUT2D eigenvalue weighted by molar-refractivity contribution is -0.177. The SMILES string of the molecule is C#C[C@H](CCCCC)OC1CCCCO1. The van der Waals surface area contributed by atoms with Gasteiger partial charge in [0, 0.05) is 6.61 Å². The molecule has 1 rings (SSSR count). The van der Waals surface area contributed by atoms with E-state index in [-0.39, 0.29) is 12.4 Å². The Balaban J connectivity index is 2.17. The molecule has 2 heteroatoms. The molecule has 1 saturated heterocycles. The van der Waals surface area contributed by atoms with Crippen molar-refractivity contribution < 1.29 is 9.47 Å². The van der Waals surface area contributed by atoms with Crippen LogP contribution in [0.5, 0.6) is 0 Å². The summed E-state index contributed by atoms with van der Waals surface area (Å²) >= 11 is 0. The second-order valence-corrected chi connectivity index (χ2v) is 4.08. The maximum absolute atomic E-state index is 5.73. The molecule has 1 unspecified atom stereocenters. The van der Waals surface area contributed by atoms with Crippen molar-refractivity contribution in [3.63, 3.8) is 0 Å². The van der Waals surface area contributed by atoms with Crippen molar-refractivity contribution in [3.8, 4) is 12.3 Å². The monoisotopic (exact) mass is 210 g/mol. The van der Waals surface area contributed by atoms with E-state index in [1.165, 1.54) is 19.3 Å². The summed E-state index contributed by atoms with van der Waals surface area (Å²) in [5.41, 5.74) is 0. The van der Waals surface area contributed by atoms with Crippen LogP contribution in [0.2, 0.25) is 0 Å². The first-order valence-electron chi connectivity index (χ1n) is 6.10. The third-order valence-corrected chi connectivity index (χ3v) is 2.71. The van der Waals surface area contributed by atoms with Crippen LogP contribution in [0.1, 0.15) is 51.9 Å². The fraction of sp³-hybridized carbons (Fsp3) is 0.846. The third-order valence-electron chi connectivity index (χ3n) is 2.71. The molecule has 86 valence electrons. The van der Waals surface area contributed by atoms with Gasteiger partial charge in [-0.25, -0.2) is 0 Å². The van der Waals surface area contributed by atoms with Crippen LogP contribution >= 0.6 is 0 Å². The molecule has 0 bridgehead atoms. The topological polar surface area (TPSA) is 18.5 Å². The lowest BCUT2D eigenvalue weighted by atomic mass is 10.1. The van der Waals surface area contributed by atoms with Gasteiger partial charge in [0.25, 0.3) is 0 Å². The smallest absolute Gasteiger partial charge is 0.159 e. The Hall–Kier alpha value is -0.520. The van der Waals surface area contributed by atoms with Crippen LogP contribution in [0.25, 0.3) is 0 Å². The average molecular weight is 210 g/mol. The molecule has 0 spiro atoms. The van der Waals surface area contributed by atoms with Crippen LogP contribution in [0.15, 0.2) is 0 Å². The normalized spacial score (nSPS) is 23.3. The zero-order valence-electron chi connectivity index (χ0n) is 9.71. The van der Waals surface area contributed by atoms with Gasteiger partial charge in [0.2, 0.25) is 0 Å². The highest BCUT2D eigenvalue weighted by molar-refractivity contribution is 4.94. The molecule has 0 amide bonds. The first kappa shape index (κ1) is 12.5. The molecule has 15 heavy (non-hydrogen) atoms. The van der Waals surface area contributed by atoms with Crippen molar-refractivity contribution in [2.24, 2.45) is 0 Å². The standard InChI is InChI=1S/C13H22O2/c1-3-5-6-9-12(4-2)15-13-10-7-8-11-14-13/h2,12-13H,3,5-11H2,1H3/t12-,13?/m1/s1. The number of rotatable bonds is 6. The fourth-order valence-electron chi connectivity index (χ4n) is 1.77. The summed E-state index contributed by atoms with van der Waals surface area (Å²) in [6, 6.07) is 0. The first-order valence-corrected chi connectivity index (χ1v) is 6.10. The Morgan fingerprint density at radius 3 is 2.93 bits per heavy atom. The summed E-state index contributed by atoms with van der Waals surface area (Å²) in [5, 5.41) is 0. The van der Waals surface area contributed by atoms with E-state index >= 15 is 0 Å². The molecule has 0 aromatic carbocycles. The van der Waals surface area contributed by atoms with Gasteiger partial charge >= 0.3 is 0 Å². The Labute approximate surface area is 93.3 Å². The van der Waals surface area contributed by atoms with Crippen molar-refractivity contribution in [1.29, 1.82) is 0 Å². The number of hydrogen-bond acceptors (Lipinski definition) is 2. The highest BCUT2D eigenvalue weighted by Crippen LogP contribution is 2.17. The molecular weight excluding hydrogens is 188 g/mol. The summed E-state index contributed by atoms with van der Waals surface area (Å²) in [6.45, 7) is 3.01. The number of terminal acetylenes is 1. The highest BCUT2D eigenvalue weighted by Gasteiger charge is 2.17. The summed E-state index contributed by atoms with van der Waals surface area (Å²) in [7, 11) is 0. The molecule has 0 aromatic rings. The van der Waals surface area contributed by atoms with Gasteiger partial charge in [-0.1, -0.05) is 25.7 Å². The molecule has 0 aliphatic carbocycles. The van der Waals surface area contributed by atoms with Gasteiger partial charge in [-0.2, -0.15) is 0 Å². The predicted molar refractivity (Wildman–Crippen MR) is 61.4 cm³/mol. The van der Waals surface area contributed by atoms with Crippen LogP contribution in [-0.4, -0.2) is 19.0 Å². The highest BCUT2D eigenvalue weighted by atomic mass is 16.7. The Morgan fingerprint density at radius 2 is 2.33 bits per heavy atom. The first-order chi connectivity index (χ1) is 7.36. The molecular formula is C13H22O2. The zero-order chi connectivity index (χ0) is 10.9. The second-order valence-electron chi connectivity index (χ2n) is 4.08. The summed E-state index contributed by atoms with van der Waals surface area (Å²) in [5.74, 6) is 2.71. The minimum absolute atomic E-state index is 0.0542. The minimum Gasteiger partial charge on any atom is -0.353 e. The second kappa shape index (κ2) is 7.73. The van der Waals surface area contributed by atoms with Crippen molar-refractivity contribution in [1.82, 2.24) is 0 Å². The van der Waals surface area contributed by atoms with E-state index in [9.17, 15) is 0 Å². The number of ether oxygens (including phenoxy) is 2. The van der Waals surface area contributed by atoms with E-state index in [0.29, 0.717) is 0 Å². The maximum Gasteiger partial charge on any atom is 0.159 e. The largest absolute Gasteiger partial charge is 0.353 e. The van der Waals surface area contributed by atoms with E-state index < -0.39 is 0 Å². The van der Waals surface area contributed by atoms with E-state index in [1.807, 2.05) is 0 Å². The van der Waals surface area contributed by atoms with Crippen molar-refractivity contribution in [2.75, 3.05) is 6.61 Å². The lowest BCUT2D eigenvalue weighted by Gasteiger charge is -2.25. The summed E-state index contributed by atoms with van der Waals surface area (Å²) in [4.78, 5) is 0. The Kier molecular flexibility index (Phi) is 6.47. The molecule has 0 radical (unpaired) electrons. The molecule has 0 aromatic heterocycles. The predicted octanol–water partition coefficient (Wildman–Crippen LogP) is 3.11. The Morgan fingerprint density at radius 1 is 1.47 bits per heavy atom. The molecule has 0 saturated carbocycles. The van der Waals surface area contributed by atoms with E-state index in [2.05, 4.69) is 12.8 Å². The quantitative estimate of drug-likeness (QED) is 0.495. The van der Waals surface area contributed by atoms with E-state index in [0.717, 1.165) is 32.3 Å². The van der Waals surface area contributed by atoms with Crippen LogP contribution in [0, 0.1) is 12.3 Å². The van der Waals surface area contributed by atoms with E-state index in [4.69, 9.17) is 15.9 Å². The number of hydrogen-bond donors (Lipinski definition) is 0. The fourth-order valence-corrected chi connectivity index (χ4v) is 1.77. The van der Waals surface area contributed by atoms with Crippen molar-refractivity contribution in [3.05, 3.63) is 0 Å². The average Bonchev–Trinajstić information content (AvgIpc) is 2.29. The lowest BCUT2D eigenvalue weighted by Crippen LogP contribution is -2.27. The Bertz CT molecular complexity index is 189. The van der Waals surface area contributed by atoms with Gasteiger partial charge in [0.15, 0.2) is 6.29 Å². The summed E-state index contributed by atoms with van der Waals surface area (Å²) in [6.07, 6.45) is 13.2. The molecule has 1 fully saturated rings. The molecule has 1 aliphatic rings. The van der Waals surface area contributed by atoms with Gasteiger partial charge in [-0.3, -0.25) is 0 Å². The van der Waals surface area contributed by atoms with Crippen LogP contribution in [-0.2, 0) is 9.47 Å². The van der Waals surface area contributed by atoms with Gasteiger partial charge in [-0.05, 0) is 32.1 Å². The molecule has 1 aliphatic heterocycles.